The lowest BCUT2D eigenvalue weighted by Crippen LogP contribution is -2.24. The Bertz CT molecular complexity index is 1200. The van der Waals surface area contributed by atoms with E-state index in [9.17, 15) is 9.59 Å². The molecule has 1 N–H and O–H groups in total. The number of rotatable bonds is 5. The van der Waals surface area contributed by atoms with Crippen molar-refractivity contribution in [2.75, 3.05) is 24.7 Å². The zero-order valence-electron chi connectivity index (χ0n) is 18.0. The fourth-order valence-corrected chi connectivity index (χ4v) is 4.21. The lowest BCUT2D eigenvalue weighted by atomic mass is 10.0. The van der Waals surface area contributed by atoms with Crippen molar-refractivity contribution in [1.82, 2.24) is 25.1 Å². The van der Waals surface area contributed by atoms with Crippen LogP contribution in [0.15, 0.2) is 36.8 Å². The third-order valence-corrected chi connectivity index (χ3v) is 5.84. The molecular weight excluding hydrogens is 408 g/mol. The number of carbonyl (C=O) groups is 2. The molecule has 1 fully saturated rings. The summed E-state index contributed by atoms with van der Waals surface area (Å²) in [5.41, 5.74) is 4.04. The van der Waals surface area contributed by atoms with Crippen LogP contribution in [0.2, 0.25) is 0 Å². The minimum Gasteiger partial charge on any atom is -0.379 e. The highest BCUT2D eigenvalue weighted by Crippen LogP contribution is 2.32. The molecule has 2 aliphatic heterocycles. The van der Waals surface area contributed by atoms with Crippen molar-refractivity contribution in [3.8, 4) is 11.3 Å². The molecule has 0 bridgehead atoms. The standard InChI is InChI=1S/C23H24N6O3/c1-3-25-22(30)16-9-15(10-24-11-16)18-8-14(2)21-19(26-18)12-28(23(21)31)20-4-6-29(27-20)17-5-7-32-13-17/h4,6,8-11,17H,3,5,7,12-13H2,1-2H3,(H,25,30)/t17-/m0/s1. The van der Waals surface area contributed by atoms with E-state index >= 15 is 0 Å². The molecule has 0 aliphatic carbocycles. The molecule has 32 heavy (non-hydrogen) atoms. The second-order valence-corrected chi connectivity index (χ2v) is 8.03. The van der Waals surface area contributed by atoms with Gasteiger partial charge in [0.25, 0.3) is 11.8 Å². The third-order valence-electron chi connectivity index (χ3n) is 5.84. The Kier molecular flexibility index (Phi) is 5.18. The Hall–Kier alpha value is -3.59. The first kappa shape index (κ1) is 20.3. The number of aromatic nitrogens is 4. The molecule has 1 atom stereocenters. The number of pyridine rings is 2. The third kappa shape index (κ3) is 3.54. The maximum Gasteiger partial charge on any atom is 0.262 e. The molecule has 0 saturated carbocycles. The molecule has 0 radical (unpaired) electrons. The normalized spacial score (nSPS) is 17.6. The summed E-state index contributed by atoms with van der Waals surface area (Å²) in [4.78, 5) is 36.0. The predicted molar refractivity (Wildman–Crippen MR) is 117 cm³/mol. The molecular formula is C23H24N6O3. The largest absolute Gasteiger partial charge is 0.379 e. The van der Waals surface area contributed by atoms with E-state index in [1.807, 2.05) is 36.9 Å². The summed E-state index contributed by atoms with van der Waals surface area (Å²) in [6, 6.07) is 5.71. The molecule has 1 saturated heterocycles. The number of nitrogens with one attached hydrogen (secondary N) is 1. The van der Waals surface area contributed by atoms with E-state index in [0.29, 0.717) is 48.0 Å². The van der Waals surface area contributed by atoms with Gasteiger partial charge in [-0.05, 0) is 38.0 Å². The van der Waals surface area contributed by atoms with Gasteiger partial charge in [0.1, 0.15) is 0 Å². The maximum absolute atomic E-state index is 13.2. The van der Waals surface area contributed by atoms with Gasteiger partial charge in [0.15, 0.2) is 5.82 Å². The molecule has 0 spiro atoms. The van der Waals surface area contributed by atoms with Crippen molar-refractivity contribution in [3.05, 3.63) is 59.2 Å². The van der Waals surface area contributed by atoms with Crippen LogP contribution in [0.4, 0.5) is 5.82 Å². The Morgan fingerprint density at radius 2 is 2.19 bits per heavy atom. The highest BCUT2D eigenvalue weighted by molar-refractivity contribution is 6.10. The van der Waals surface area contributed by atoms with Gasteiger partial charge in [-0.1, -0.05) is 0 Å². The van der Waals surface area contributed by atoms with E-state index in [2.05, 4.69) is 15.4 Å². The molecule has 2 aliphatic rings. The smallest absolute Gasteiger partial charge is 0.262 e. The van der Waals surface area contributed by atoms with Gasteiger partial charge in [-0.3, -0.25) is 29.1 Å². The molecule has 3 aromatic rings. The summed E-state index contributed by atoms with van der Waals surface area (Å²) in [6.07, 6.45) is 6.03. The van der Waals surface area contributed by atoms with Crippen LogP contribution in [0.5, 0.6) is 0 Å². The Morgan fingerprint density at radius 1 is 1.31 bits per heavy atom. The SMILES string of the molecule is CCNC(=O)c1cncc(-c2cc(C)c3c(n2)CN(c2ccn([C@H]4CCOC4)n2)C3=O)c1. The minimum atomic E-state index is -0.177. The number of amides is 2. The quantitative estimate of drug-likeness (QED) is 0.665. The predicted octanol–water partition coefficient (Wildman–Crippen LogP) is 2.52. The Labute approximate surface area is 185 Å². The van der Waals surface area contributed by atoms with E-state index in [1.54, 1.807) is 17.2 Å². The van der Waals surface area contributed by atoms with E-state index < -0.39 is 0 Å². The number of hydrogen-bond donors (Lipinski definition) is 1. The lowest BCUT2D eigenvalue weighted by Gasteiger charge is -2.12. The fourth-order valence-electron chi connectivity index (χ4n) is 4.21. The molecule has 5 heterocycles. The number of carbonyl (C=O) groups excluding carboxylic acids is 2. The first-order valence-electron chi connectivity index (χ1n) is 10.7. The minimum absolute atomic E-state index is 0.0985. The molecule has 0 unspecified atom stereocenters. The monoisotopic (exact) mass is 432 g/mol. The molecule has 0 aromatic carbocycles. The summed E-state index contributed by atoms with van der Waals surface area (Å²) in [5.74, 6) is 0.337. The van der Waals surface area contributed by atoms with Gasteiger partial charge in [0.2, 0.25) is 0 Å². The van der Waals surface area contributed by atoms with Crippen molar-refractivity contribution in [3.63, 3.8) is 0 Å². The fraction of sp³-hybridized carbons (Fsp3) is 0.348. The van der Waals surface area contributed by atoms with Gasteiger partial charge < -0.3 is 10.1 Å². The van der Waals surface area contributed by atoms with Crippen LogP contribution in [-0.4, -0.2) is 51.3 Å². The Morgan fingerprint density at radius 3 is 2.97 bits per heavy atom. The number of aryl methyl sites for hydroxylation is 1. The van der Waals surface area contributed by atoms with Gasteiger partial charge in [-0.25, -0.2) is 0 Å². The summed E-state index contributed by atoms with van der Waals surface area (Å²) in [6.45, 7) is 6.04. The summed E-state index contributed by atoms with van der Waals surface area (Å²) >= 11 is 0. The first-order valence-corrected chi connectivity index (χ1v) is 10.7. The summed E-state index contributed by atoms with van der Waals surface area (Å²) in [5, 5.41) is 7.40. The molecule has 9 heteroatoms. The van der Waals surface area contributed by atoms with E-state index in [4.69, 9.17) is 9.72 Å². The van der Waals surface area contributed by atoms with Crippen LogP contribution in [0.25, 0.3) is 11.3 Å². The van der Waals surface area contributed by atoms with E-state index in [-0.39, 0.29) is 17.9 Å². The van der Waals surface area contributed by atoms with Crippen molar-refractivity contribution in [2.45, 2.75) is 32.9 Å². The zero-order chi connectivity index (χ0) is 22.2. The average molecular weight is 432 g/mol. The van der Waals surface area contributed by atoms with Gasteiger partial charge in [-0.15, -0.1) is 0 Å². The number of hydrogen-bond acceptors (Lipinski definition) is 6. The van der Waals surface area contributed by atoms with Gasteiger partial charge in [0.05, 0.1) is 41.7 Å². The number of anilines is 1. The van der Waals surface area contributed by atoms with Crippen molar-refractivity contribution < 1.29 is 14.3 Å². The van der Waals surface area contributed by atoms with Crippen LogP contribution in [0, 0.1) is 6.92 Å². The van der Waals surface area contributed by atoms with Crippen LogP contribution in [0.3, 0.4) is 0 Å². The van der Waals surface area contributed by atoms with E-state index in [1.165, 1.54) is 6.20 Å². The first-order chi connectivity index (χ1) is 15.5. The van der Waals surface area contributed by atoms with Crippen LogP contribution >= 0.6 is 0 Å². The molecule has 5 rings (SSSR count). The zero-order valence-corrected chi connectivity index (χ0v) is 18.0. The summed E-state index contributed by atoms with van der Waals surface area (Å²) < 4.78 is 7.32. The Balaban J connectivity index is 1.44. The number of ether oxygens (including phenoxy) is 1. The van der Waals surface area contributed by atoms with Gasteiger partial charge in [0, 0.05) is 43.4 Å². The summed E-state index contributed by atoms with van der Waals surface area (Å²) in [7, 11) is 0. The second kappa shape index (κ2) is 8.16. The molecule has 164 valence electrons. The van der Waals surface area contributed by atoms with Crippen LogP contribution < -0.4 is 10.2 Å². The highest BCUT2D eigenvalue weighted by atomic mass is 16.5. The lowest BCUT2D eigenvalue weighted by molar-refractivity contribution is 0.0954. The van der Waals surface area contributed by atoms with Crippen molar-refractivity contribution >= 4 is 17.6 Å². The van der Waals surface area contributed by atoms with E-state index in [0.717, 1.165) is 24.2 Å². The maximum atomic E-state index is 13.2. The second-order valence-electron chi connectivity index (χ2n) is 8.03. The van der Waals surface area contributed by atoms with Crippen molar-refractivity contribution in [1.29, 1.82) is 0 Å². The van der Waals surface area contributed by atoms with Crippen LogP contribution in [0.1, 0.15) is 51.4 Å². The molecule has 2 amide bonds. The molecule has 3 aromatic heterocycles. The number of nitrogens with zero attached hydrogens (tertiary/aromatic N) is 5. The van der Waals surface area contributed by atoms with Gasteiger partial charge in [-0.2, -0.15) is 5.10 Å². The average Bonchev–Trinajstić information content (AvgIpc) is 3.54. The number of fused-ring (bicyclic) bond motifs is 1. The molecule has 9 nitrogen and oxygen atoms in total. The topological polar surface area (TPSA) is 102 Å². The van der Waals surface area contributed by atoms with Crippen molar-refractivity contribution in [2.24, 2.45) is 0 Å². The van der Waals surface area contributed by atoms with Crippen LogP contribution in [-0.2, 0) is 11.3 Å². The van der Waals surface area contributed by atoms with Gasteiger partial charge >= 0.3 is 0 Å². The highest BCUT2D eigenvalue weighted by Gasteiger charge is 2.33.